The number of rotatable bonds is 5. The largest absolute Gasteiger partial charge is 0.337 e. The summed E-state index contributed by atoms with van der Waals surface area (Å²) < 4.78 is 19.6. The maximum absolute atomic E-state index is 13.9. The number of hydrogen-bond donors (Lipinski definition) is 0. The molecule has 2 aromatic heterocycles. The van der Waals surface area contributed by atoms with Gasteiger partial charge in [-0.2, -0.15) is 0 Å². The highest BCUT2D eigenvalue weighted by atomic mass is 35.5. The molecule has 0 radical (unpaired) electrons. The third-order valence-corrected chi connectivity index (χ3v) is 5.13. The van der Waals surface area contributed by atoms with Gasteiger partial charge in [0, 0.05) is 29.4 Å². The minimum atomic E-state index is -0.306. The summed E-state index contributed by atoms with van der Waals surface area (Å²) in [5, 5.41) is 4.77. The number of carbonyl (C=O) groups is 1. The lowest BCUT2D eigenvalue weighted by atomic mass is 10.00. The van der Waals surface area contributed by atoms with Crippen LogP contribution in [0, 0.1) is 12.7 Å². The van der Waals surface area contributed by atoms with Gasteiger partial charge >= 0.3 is 0 Å². The molecular weight excluding hydrogens is 417 g/mol. The zero-order valence-electron chi connectivity index (χ0n) is 17.0. The highest BCUT2D eigenvalue weighted by Gasteiger charge is 2.28. The topological polar surface area (TPSA) is 59.2 Å². The Morgan fingerprint density at radius 3 is 2.55 bits per heavy atom. The molecule has 2 aromatic carbocycles. The molecule has 1 amide bonds. The van der Waals surface area contributed by atoms with E-state index in [-0.39, 0.29) is 24.0 Å². The maximum atomic E-state index is 13.9. The standard InChI is InChI=1S/C24H19ClFN3O2/c1-3-21(30)29(19-6-4-5-18(25)14-19)24-22(16-9-11-27-12-10-16)23(28-31-24)17-7-8-20(26)15(2)13-17/h4-14H,3H2,1-2H3. The predicted molar refractivity (Wildman–Crippen MR) is 119 cm³/mol. The van der Waals surface area contributed by atoms with Crippen molar-refractivity contribution in [1.82, 2.24) is 10.1 Å². The number of carbonyl (C=O) groups excluding carboxylic acids is 1. The highest BCUT2D eigenvalue weighted by Crippen LogP contribution is 2.42. The number of aromatic nitrogens is 2. The zero-order chi connectivity index (χ0) is 22.0. The van der Waals surface area contributed by atoms with Crippen molar-refractivity contribution in [2.24, 2.45) is 0 Å². The van der Waals surface area contributed by atoms with Crippen LogP contribution >= 0.6 is 11.6 Å². The summed E-state index contributed by atoms with van der Waals surface area (Å²) in [6.45, 7) is 3.46. The van der Waals surface area contributed by atoms with E-state index in [4.69, 9.17) is 16.1 Å². The van der Waals surface area contributed by atoms with Gasteiger partial charge in [-0.15, -0.1) is 0 Å². The molecule has 7 heteroatoms. The van der Waals surface area contributed by atoms with Crippen molar-refractivity contribution in [3.8, 4) is 22.4 Å². The van der Waals surface area contributed by atoms with Gasteiger partial charge in [-0.1, -0.05) is 29.7 Å². The predicted octanol–water partition coefficient (Wildman–Crippen LogP) is 6.58. The van der Waals surface area contributed by atoms with E-state index in [1.165, 1.54) is 11.0 Å². The molecule has 0 saturated carbocycles. The SMILES string of the molecule is CCC(=O)N(c1cccc(Cl)c1)c1onc(-c2ccc(F)c(C)c2)c1-c1ccncc1. The van der Waals surface area contributed by atoms with Crippen molar-refractivity contribution < 1.29 is 13.7 Å². The summed E-state index contributed by atoms with van der Waals surface area (Å²) in [6.07, 6.45) is 3.54. The van der Waals surface area contributed by atoms with Crippen molar-refractivity contribution in [3.63, 3.8) is 0 Å². The Kier molecular flexibility index (Phi) is 5.82. The first-order valence-corrected chi connectivity index (χ1v) is 10.1. The Hall–Kier alpha value is -3.51. The van der Waals surface area contributed by atoms with E-state index in [1.807, 2.05) is 12.1 Å². The summed E-state index contributed by atoms with van der Waals surface area (Å²) in [7, 11) is 0. The van der Waals surface area contributed by atoms with Gasteiger partial charge in [-0.3, -0.25) is 9.78 Å². The number of halogens is 2. The third kappa shape index (κ3) is 4.07. The van der Waals surface area contributed by atoms with Crippen LogP contribution in [0.4, 0.5) is 16.0 Å². The second-order valence-electron chi connectivity index (χ2n) is 6.97. The summed E-state index contributed by atoms with van der Waals surface area (Å²) >= 11 is 6.19. The Balaban J connectivity index is 1.98. The summed E-state index contributed by atoms with van der Waals surface area (Å²) in [4.78, 5) is 18.5. The van der Waals surface area contributed by atoms with Crippen LogP contribution in [-0.2, 0) is 4.79 Å². The average Bonchev–Trinajstić information content (AvgIpc) is 3.21. The highest BCUT2D eigenvalue weighted by molar-refractivity contribution is 6.31. The van der Waals surface area contributed by atoms with Crippen molar-refractivity contribution in [2.45, 2.75) is 20.3 Å². The molecule has 156 valence electrons. The maximum Gasteiger partial charge on any atom is 0.247 e. The van der Waals surface area contributed by atoms with Gasteiger partial charge in [0.05, 0.1) is 11.3 Å². The molecule has 31 heavy (non-hydrogen) atoms. The smallest absolute Gasteiger partial charge is 0.247 e. The van der Waals surface area contributed by atoms with Crippen LogP contribution in [0.5, 0.6) is 0 Å². The normalized spacial score (nSPS) is 10.8. The molecule has 0 fully saturated rings. The van der Waals surface area contributed by atoms with E-state index in [1.54, 1.807) is 62.6 Å². The van der Waals surface area contributed by atoms with Crippen LogP contribution in [0.15, 0.2) is 71.5 Å². The van der Waals surface area contributed by atoms with Crippen molar-refractivity contribution >= 4 is 29.1 Å². The molecular formula is C24H19ClFN3O2. The number of amides is 1. The number of hydrogen-bond acceptors (Lipinski definition) is 4. The van der Waals surface area contributed by atoms with E-state index in [0.29, 0.717) is 33.1 Å². The number of aryl methyl sites for hydroxylation is 1. The Morgan fingerprint density at radius 1 is 1.10 bits per heavy atom. The summed E-state index contributed by atoms with van der Waals surface area (Å²) in [5.74, 6) is -0.229. The molecule has 0 aliphatic rings. The van der Waals surface area contributed by atoms with Gasteiger partial charge in [-0.05, 0) is 66.6 Å². The van der Waals surface area contributed by atoms with E-state index < -0.39 is 0 Å². The van der Waals surface area contributed by atoms with Crippen LogP contribution in [0.3, 0.4) is 0 Å². The number of benzene rings is 2. The first-order chi connectivity index (χ1) is 15.0. The molecule has 0 unspecified atom stereocenters. The van der Waals surface area contributed by atoms with Crippen LogP contribution < -0.4 is 4.90 Å². The Bertz CT molecular complexity index is 1240. The minimum Gasteiger partial charge on any atom is -0.337 e. The van der Waals surface area contributed by atoms with E-state index in [0.717, 1.165) is 5.56 Å². The first-order valence-electron chi connectivity index (χ1n) is 9.74. The Morgan fingerprint density at radius 2 is 1.87 bits per heavy atom. The number of nitrogens with zero attached hydrogens (tertiary/aromatic N) is 3. The summed E-state index contributed by atoms with van der Waals surface area (Å²) in [5.41, 5.74) is 3.59. The minimum absolute atomic E-state index is 0.185. The lowest BCUT2D eigenvalue weighted by molar-refractivity contribution is -0.117. The lowest BCUT2D eigenvalue weighted by Gasteiger charge is -2.21. The lowest BCUT2D eigenvalue weighted by Crippen LogP contribution is -2.25. The van der Waals surface area contributed by atoms with Crippen LogP contribution in [-0.4, -0.2) is 16.0 Å². The summed E-state index contributed by atoms with van der Waals surface area (Å²) in [6, 6.07) is 15.3. The third-order valence-electron chi connectivity index (χ3n) is 4.90. The Labute approximate surface area is 184 Å². The molecule has 0 aliphatic carbocycles. The van der Waals surface area contributed by atoms with E-state index >= 15 is 0 Å². The van der Waals surface area contributed by atoms with Gasteiger partial charge in [0.1, 0.15) is 11.5 Å². The van der Waals surface area contributed by atoms with Gasteiger partial charge in [-0.25, -0.2) is 9.29 Å². The fraction of sp³-hybridized carbons (Fsp3) is 0.125. The fourth-order valence-electron chi connectivity index (χ4n) is 3.35. The van der Waals surface area contributed by atoms with Crippen LogP contribution in [0.2, 0.25) is 5.02 Å². The average molecular weight is 436 g/mol. The van der Waals surface area contributed by atoms with Crippen LogP contribution in [0.1, 0.15) is 18.9 Å². The second-order valence-corrected chi connectivity index (χ2v) is 7.41. The van der Waals surface area contributed by atoms with Crippen molar-refractivity contribution in [2.75, 3.05) is 4.90 Å². The molecule has 0 aliphatic heterocycles. The molecule has 0 saturated heterocycles. The zero-order valence-corrected chi connectivity index (χ0v) is 17.7. The molecule has 4 rings (SSSR count). The molecule has 0 spiro atoms. The monoisotopic (exact) mass is 435 g/mol. The molecule has 0 N–H and O–H groups in total. The van der Waals surface area contributed by atoms with Crippen LogP contribution in [0.25, 0.3) is 22.4 Å². The number of pyridine rings is 1. The quantitative estimate of drug-likeness (QED) is 0.355. The molecule has 5 nitrogen and oxygen atoms in total. The van der Waals surface area contributed by atoms with Gasteiger partial charge in [0.25, 0.3) is 0 Å². The second kappa shape index (κ2) is 8.70. The molecule has 0 atom stereocenters. The molecule has 4 aromatic rings. The fourth-order valence-corrected chi connectivity index (χ4v) is 3.53. The van der Waals surface area contributed by atoms with Gasteiger partial charge in [0.15, 0.2) is 0 Å². The number of anilines is 2. The van der Waals surface area contributed by atoms with Gasteiger partial charge in [0.2, 0.25) is 11.8 Å². The van der Waals surface area contributed by atoms with E-state index in [2.05, 4.69) is 10.1 Å². The van der Waals surface area contributed by atoms with Crippen molar-refractivity contribution in [1.29, 1.82) is 0 Å². The van der Waals surface area contributed by atoms with Crippen molar-refractivity contribution in [3.05, 3.63) is 83.4 Å². The first kappa shape index (κ1) is 20.8. The molecule has 2 heterocycles. The molecule has 0 bridgehead atoms. The van der Waals surface area contributed by atoms with E-state index in [9.17, 15) is 9.18 Å². The van der Waals surface area contributed by atoms with Gasteiger partial charge < -0.3 is 4.52 Å².